The Balaban J connectivity index is 1.74. The number of hydrogen-bond donors (Lipinski definition) is 1. The zero-order chi connectivity index (χ0) is 19.6. The Labute approximate surface area is 179 Å². The van der Waals surface area contributed by atoms with Crippen LogP contribution in [0, 0.1) is 0 Å². The van der Waals surface area contributed by atoms with Gasteiger partial charge in [-0.1, -0.05) is 58.2 Å². The van der Waals surface area contributed by atoms with Gasteiger partial charge in [0, 0.05) is 5.02 Å². The van der Waals surface area contributed by atoms with Crippen LogP contribution in [0.5, 0.6) is 0 Å². The first-order chi connectivity index (χ1) is 12.8. The van der Waals surface area contributed by atoms with Crippen LogP contribution in [0.3, 0.4) is 0 Å². The van der Waals surface area contributed by atoms with Gasteiger partial charge < -0.3 is 5.32 Å². The van der Waals surface area contributed by atoms with Crippen molar-refractivity contribution < 1.29 is 4.79 Å². The minimum Gasteiger partial charge on any atom is -0.324 e. The third-order valence-electron chi connectivity index (χ3n) is 3.43. The van der Waals surface area contributed by atoms with Crippen molar-refractivity contribution in [3.8, 4) is 5.69 Å². The Morgan fingerprint density at radius 1 is 1.07 bits per heavy atom. The van der Waals surface area contributed by atoms with E-state index in [0.717, 1.165) is 5.69 Å². The zero-order valence-electron chi connectivity index (χ0n) is 13.7. The van der Waals surface area contributed by atoms with Gasteiger partial charge in [0.1, 0.15) is 0 Å². The van der Waals surface area contributed by atoms with E-state index in [9.17, 15) is 4.79 Å². The van der Waals surface area contributed by atoms with Gasteiger partial charge in [-0.3, -0.25) is 4.79 Å². The average Bonchev–Trinajstić information content (AvgIpc) is 3.08. The van der Waals surface area contributed by atoms with Gasteiger partial charge in [0.05, 0.1) is 31.7 Å². The first-order valence-corrected chi connectivity index (χ1v) is 9.90. The van der Waals surface area contributed by atoms with Crippen molar-refractivity contribution in [3.05, 3.63) is 56.5 Å². The molecule has 3 rings (SSSR count). The highest BCUT2D eigenvalue weighted by atomic mass is 35.5. The van der Waals surface area contributed by atoms with E-state index in [1.165, 1.54) is 28.6 Å². The molecule has 0 fully saturated rings. The molecule has 2 aromatic carbocycles. The number of halogens is 4. The first-order valence-electron chi connectivity index (χ1n) is 7.51. The maximum absolute atomic E-state index is 12.5. The summed E-state index contributed by atoms with van der Waals surface area (Å²) in [5, 5.41) is 15.8. The molecule has 0 aliphatic heterocycles. The van der Waals surface area contributed by atoms with E-state index in [0.29, 0.717) is 30.9 Å². The largest absolute Gasteiger partial charge is 0.324 e. The number of tetrazole rings is 1. The highest BCUT2D eigenvalue weighted by Gasteiger charge is 2.20. The van der Waals surface area contributed by atoms with Gasteiger partial charge in [0.15, 0.2) is 0 Å². The number of amides is 1. The molecule has 6 nitrogen and oxygen atoms in total. The van der Waals surface area contributed by atoms with Crippen LogP contribution in [0.4, 0.5) is 5.69 Å². The second-order valence-electron chi connectivity index (χ2n) is 5.35. The second-order valence-corrected chi connectivity index (χ2v) is 8.31. The average molecular weight is 463 g/mol. The third kappa shape index (κ3) is 4.86. The predicted molar refractivity (Wildman–Crippen MR) is 110 cm³/mol. The van der Waals surface area contributed by atoms with Crippen LogP contribution in [-0.4, -0.2) is 31.4 Å². The molecule has 1 atom stereocenters. The molecular formula is C16H11Cl4N5OS. The van der Waals surface area contributed by atoms with Gasteiger partial charge in [0.25, 0.3) is 0 Å². The first kappa shape index (κ1) is 20.2. The number of anilines is 1. The molecule has 1 amide bonds. The quantitative estimate of drug-likeness (QED) is 0.406. The number of nitrogens with zero attached hydrogens (tertiary/aromatic N) is 4. The molecule has 11 heteroatoms. The smallest absolute Gasteiger partial charge is 0.237 e. The lowest BCUT2D eigenvalue weighted by Crippen LogP contribution is -2.23. The molecule has 0 saturated heterocycles. The topological polar surface area (TPSA) is 72.7 Å². The summed E-state index contributed by atoms with van der Waals surface area (Å²) >= 11 is 25.1. The minimum absolute atomic E-state index is 0.286. The zero-order valence-corrected chi connectivity index (χ0v) is 17.5. The molecule has 3 aromatic rings. The Morgan fingerprint density at radius 3 is 2.44 bits per heavy atom. The van der Waals surface area contributed by atoms with Crippen LogP contribution in [0.2, 0.25) is 20.1 Å². The van der Waals surface area contributed by atoms with Crippen molar-refractivity contribution in [2.24, 2.45) is 0 Å². The van der Waals surface area contributed by atoms with E-state index in [-0.39, 0.29) is 5.91 Å². The van der Waals surface area contributed by atoms with Crippen molar-refractivity contribution in [1.29, 1.82) is 0 Å². The van der Waals surface area contributed by atoms with E-state index in [2.05, 4.69) is 20.8 Å². The molecule has 0 saturated carbocycles. The van der Waals surface area contributed by atoms with Crippen LogP contribution in [0.25, 0.3) is 5.69 Å². The van der Waals surface area contributed by atoms with Gasteiger partial charge in [0.2, 0.25) is 11.1 Å². The molecule has 0 radical (unpaired) electrons. The Bertz CT molecular complexity index is 979. The third-order valence-corrected chi connectivity index (χ3v) is 5.75. The molecular weight excluding hydrogens is 452 g/mol. The van der Waals surface area contributed by atoms with Crippen LogP contribution in [0.15, 0.2) is 41.6 Å². The van der Waals surface area contributed by atoms with Gasteiger partial charge in [-0.15, -0.1) is 5.10 Å². The van der Waals surface area contributed by atoms with Gasteiger partial charge in [-0.2, -0.15) is 4.68 Å². The lowest BCUT2D eigenvalue weighted by Gasteiger charge is -2.13. The number of rotatable bonds is 5. The highest BCUT2D eigenvalue weighted by Crippen LogP contribution is 2.33. The lowest BCUT2D eigenvalue weighted by molar-refractivity contribution is -0.115. The molecule has 1 N–H and O–H groups in total. The maximum atomic E-state index is 12.5. The molecule has 1 aromatic heterocycles. The van der Waals surface area contributed by atoms with Crippen molar-refractivity contribution >= 4 is 69.8 Å². The Hall–Kier alpha value is -1.51. The fourth-order valence-electron chi connectivity index (χ4n) is 2.06. The van der Waals surface area contributed by atoms with Crippen molar-refractivity contribution in [3.63, 3.8) is 0 Å². The molecule has 0 bridgehead atoms. The highest BCUT2D eigenvalue weighted by molar-refractivity contribution is 8.00. The van der Waals surface area contributed by atoms with E-state index in [1.54, 1.807) is 31.2 Å². The monoisotopic (exact) mass is 461 g/mol. The normalized spacial score (nSPS) is 12.0. The summed E-state index contributed by atoms with van der Waals surface area (Å²) in [5.74, 6) is -0.286. The lowest BCUT2D eigenvalue weighted by atomic mass is 10.3. The number of thioether (sulfide) groups is 1. The van der Waals surface area contributed by atoms with Crippen LogP contribution >= 0.6 is 58.2 Å². The van der Waals surface area contributed by atoms with Crippen LogP contribution < -0.4 is 5.32 Å². The van der Waals surface area contributed by atoms with Crippen molar-refractivity contribution in [2.45, 2.75) is 17.3 Å². The van der Waals surface area contributed by atoms with Gasteiger partial charge in [-0.25, -0.2) is 0 Å². The van der Waals surface area contributed by atoms with E-state index in [1.807, 2.05) is 0 Å². The Kier molecular flexibility index (Phi) is 6.49. The van der Waals surface area contributed by atoms with Crippen LogP contribution in [0.1, 0.15) is 6.92 Å². The summed E-state index contributed by atoms with van der Waals surface area (Å²) in [4.78, 5) is 12.5. The summed E-state index contributed by atoms with van der Waals surface area (Å²) in [5.41, 5.74) is 1.10. The van der Waals surface area contributed by atoms with E-state index in [4.69, 9.17) is 46.4 Å². The fourth-order valence-corrected chi connectivity index (χ4v) is 3.59. The van der Waals surface area contributed by atoms with E-state index < -0.39 is 5.25 Å². The van der Waals surface area contributed by atoms with Crippen molar-refractivity contribution in [2.75, 3.05) is 5.32 Å². The minimum atomic E-state index is -0.507. The summed E-state index contributed by atoms with van der Waals surface area (Å²) in [6.45, 7) is 1.73. The Morgan fingerprint density at radius 2 is 1.74 bits per heavy atom. The molecule has 1 unspecified atom stereocenters. The number of benzene rings is 2. The molecule has 0 spiro atoms. The molecule has 0 aliphatic carbocycles. The van der Waals surface area contributed by atoms with Crippen molar-refractivity contribution in [1.82, 2.24) is 20.2 Å². The summed E-state index contributed by atoms with van der Waals surface area (Å²) < 4.78 is 1.52. The van der Waals surface area contributed by atoms with E-state index >= 15 is 0 Å². The molecule has 0 aliphatic rings. The SMILES string of the molecule is CC(Sc1nnnn1-c1ccc(Cl)cc1)C(=O)Nc1cc(Cl)c(Cl)cc1Cl. The number of carbonyl (C=O) groups excluding carboxylic acids is 1. The summed E-state index contributed by atoms with van der Waals surface area (Å²) in [7, 11) is 0. The number of hydrogen-bond acceptors (Lipinski definition) is 5. The number of nitrogens with one attached hydrogen (secondary N) is 1. The molecule has 140 valence electrons. The maximum Gasteiger partial charge on any atom is 0.237 e. The van der Waals surface area contributed by atoms with Gasteiger partial charge >= 0.3 is 0 Å². The molecule has 1 heterocycles. The summed E-state index contributed by atoms with van der Waals surface area (Å²) in [6.07, 6.45) is 0. The van der Waals surface area contributed by atoms with Gasteiger partial charge in [-0.05, 0) is 53.7 Å². The standard InChI is InChI=1S/C16H11Cl4N5OS/c1-8(15(26)21-14-7-12(19)11(18)6-13(14)20)27-16-22-23-24-25(16)10-4-2-9(17)3-5-10/h2-8H,1H3,(H,21,26). The predicted octanol–water partition coefficient (Wildman–Crippen LogP) is 5.40. The number of carbonyl (C=O) groups is 1. The second kappa shape index (κ2) is 8.67. The fraction of sp³-hybridized carbons (Fsp3) is 0.125. The number of aromatic nitrogens is 4. The summed E-state index contributed by atoms with van der Waals surface area (Å²) in [6, 6.07) is 10.00. The van der Waals surface area contributed by atoms with Crippen LogP contribution in [-0.2, 0) is 4.79 Å². The molecule has 27 heavy (non-hydrogen) atoms.